The van der Waals surface area contributed by atoms with Gasteiger partial charge in [0, 0.05) is 12.3 Å². The summed E-state index contributed by atoms with van der Waals surface area (Å²) >= 11 is 0. The topological polar surface area (TPSA) is 62.6 Å². The first kappa shape index (κ1) is 19.2. The Bertz CT molecular complexity index is 948. The molecule has 0 aliphatic rings. The van der Waals surface area contributed by atoms with Crippen LogP contribution in [-0.4, -0.2) is 29.5 Å². The van der Waals surface area contributed by atoms with Crippen LogP contribution in [0.25, 0.3) is 11.8 Å². The van der Waals surface area contributed by atoms with Crippen LogP contribution in [0.3, 0.4) is 0 Å². The van der Waals surface area contributed by atoms with Crippen LogP contribution in [-0.2, 0) is 16.1 Å². The molecule has 0 radical (unpaired) electrons. The average molecular weight is 378 g/mol. The molecule has 0 bridgehead atoms. The third-order valence-electron chi connectivity index (χ3n) is 3.93. The predicted molar refractivity (Wildman–Crippen MR) is 107 cm³/mol. The quantitative estimate of drug-likeness (QED) is 0.437. The lowest BCUT2D eigenvalue weighted by Crippen LogP contribution is -2.02. The number of rotatable bonds is 8. The van der Waals surface area contributed by atoms with Gasteiger partial charge in [0.1, 0.15) is 12.3 Å². The van der Waals surface area contributed by atoms with Crippen LogP contribution in [0.15, 0.2) is 66.9 Å². The molecule has 6 nitrogen and oxygen atoms in total. The number of hydrogen-bond acceptors (Lipinski definition) is 5. The zero-order chi connectivity index (χ0) is 19.8. The summed E-state index contributed by atoms with van der Waals surface area (Å²) in [6.07, 6.45) is 4.88. The first-order valence-corrected chi connectivity index (χ1v) is 8.95. The zero-order valence-corrected chi connectivity index (χ0v) is 15.9. The van der Waals surface area contributed by atoms with Gasteiger partial charge in [0.15, 0.2) is 11.5 Å². The largest absolute Gasteiger partial charge is 0.493 e. The Hall–Kier alpha value is -3.54. The van der Waals surface area contributed by atoms with Gasteiger partial charge in [0.25, 0.3) is 0 Å². The van der Waals surface area contributed by atoms with Crippen LogP contribution in [0.1, 0.15) is 18.2 Å². The second-order valence-corrected chi connectivity index (χ2v) is 5.87. The van der Waals surface area contributed by atoms with Crippen molar-refractivity contribution >= 4 is 12.0 Å². The maximum Gasteiger partial charge on any atom is 0.331 e. The van der Waals surface area contributed by atoms with E-state index in [1.807, 2.05) is 61.7 Å². The Kier molecular flexibility index (Phi) is 6.46. The van der Waals surface area contributed by atoms with E-state index < -0.39 is 5.97 Å². The van der Waals surface area contributed by atoms with E-state index in [9.17, 15) is 4.79 Å². The number of esters is 1. The van der Waals surface area contributed by atoms with Gasteiger partial charge in [0.2, 0.25) is 0 Å². The molecule has 6 heteroatoms. The van der Waals surface area contributed by atoms with Crippen molar-refractivity contribution in [2.75, 3.05) is 13.7 Å². The number of aromatic nitrogens is 2. The second kappa shape index (κ2) is 9.41. The Balaban J connectivity index is 1.56. The maximum absolute atomic E-state index is 12.0. The smallest absolute Gasteiger partial charge is 0.331 e. The van der Waals surface area contributed by atoms with E-state index in [0.29, 0.717) is 23.8 Å². The van der Waals surface area contributed by atoms with Crippen molar-refractivity contribution < 1.29 is 19.0 Å². The molecule has 28 heavy (non-hydrogen) atoms. The van der Waals surface area contributed by atoms with Gasteiger partial charge in [-0.3, -0.25) is 0 Å². The van der Waals surface area contributed by atoms with Crippen LogP contribution >= 0.6 is 0 Å². The molecule has 3 aromatic rings. The number of methoxy groups -OCH3 is 1. The molecule has 1 aromatic heterocycles. The highest BCUT2D eigenvalue weighted by atomic mass is 16.5. The normalized spacial score (nSPS) is 10.8. The van der Waals surface area contributed by atoms with Crippen LogP contribution in [0, 0.1) is 0 Å². The standard InChI is InChI=1S/C22H22N2O4/c1-3-27-20-11-9-17(15-21(20)26-2)10-12-22(25)28-16-18-13-14-24(23-18)19-7-5-4-6-8-19/h4-15H,3,16H2,1-2H3/b12-10+. The third-order valence-corrected chi connectivity index (χ3v) is 3.93. The number of ether oxygens (including phenoxy) is 3. The van der Waals surface area contributed by atoms with Crippen molar-refractivity contribution in [3.05, 3.63) is 78.1 Å². The number of para-hydroxylation sites is 1. The van der Waals surface area contributed by atoms with E-state index in [4.69, 9.17) is 14.2 Å². The lowest BCUT2D eigenvalue weighted by Gasteiger charge is -2.09. The maximum atomic E-state index is 12.0. The average Bonchev–Trinajstić information content (AvgIpc) is 3.21. The van der Waals surface area contributed by atoms with Crippen LogP contribution in [0.4, 0.5) is 0 Å². The molecule has 0 saturated carbocycles. The van der Waals surface area contributed by atoms with Crippen molar-refractivity contribution in [1.29, 1.82) is 0 Å². The first-order chi connectivity index (χ1) is 13.7. The summed E-state index contributed by atoms with van der Waals surface area (Å²) in [5.74, 6) is 0.838. The summed E-state index contributed by atoms with van der Waals surface area (Å²) in [4.78, 5) is 12.0. The minimum Gasteiger partial charge on any atom is -0.493 e. The molecule has 0 N–H and O–H groups in total. The molecule has 0 fully saturated rings. The summed E-state index contributed by atoms with van der Waals surface area (Å²) in [6, 6.07) is 17.0. The molecule has 0 spiro atoms. The van der Waals surface area contributed by atoms with Gasteiger partial charge in [-0.15, -0.1) is 0 Å². The number of nitrogens with zero attached hydrogens (tertiary/aromatic N) is 2. The molecule has 0 saturated heterocycles. The Morgan fingerprint density at radius 1 is 1.11 bits per heavy atom. The van der Waals surface area contributed by atoms with Gasteiger partial charge in [-0.05, 0) is 48.9 Å². The van der Waals surface area contributed by atoms with Gasteiger partial charge < -0.3 is 14.2 Å². The third kappa shape index (κ3) is 5.01. The molecule has 0 aliphatic carbocycles. The summed E-state index contributed by atoms with van der Waals surface area (Å²) in [5, 5.41) is 4.41. The van der Waals surface area contributed by atoms with Crippen molar-refractivity contribution in [3.8, 4) is 17.2 Å². The fourth-order valence-corrected chi connectivity index (χ4v) is 2.58. The van der Waals surface area contributed by atoms with Crippen LogP contribution < -0.4 is 9.47 Å². The molecule has 0 atom stereocenters. The number of hydrogen-bond donors (Lipinski definition) is 0. The Labute approximate surface area is 164 Å². The van der Waals surface area contributed by atoms with Gasteiger partial charge in [-0.25, -0.2) is 9.48 Å². The minimum atomic E-state index is -0.442. The minimum absolute atomic E-state index is 0.107. The number of carbonyl (C=O) groups excluding carboxylic acids is 1. The van der Waals surface area contributed by atoms with Gasteiger partial charge in [0.05, 0.1) is 19.4 Å². The molecule has 2 aromatic carbocycles. The summed E-state index contributed by atoms with van der Waals surface area (Å²) in [6.45, 7) is 2.57. The van der Waals surface area contributed by atoms with Gasteiger partial charge in [-0.1, -0.05) is 24.3 Å². The number of benzene rings is 2. The monoisotopic (exact) mass is 378 g/mol. The molecule has 3 rings (SSSR count). The zero-order valence-electron chi connectivity index (χ0n) is 15.9. The Morgan fingerprint density at radius 3 is 2.68 bits per heavy atom. The van der Waals surface area contributed by atoms with E-state index in [1.165, 1.54) is 6.08 Å². The van der Waals surface area contributed by atoms with Crippen molar-refractivity contribution in [2.45, 2.75) is 13.5 Å². The molecule has 1 heterocycles. The van der Waals surface area contributed by atoms with E-state index in [1.54, 1.807) is 23.9 Å². The molecule has 0 amide bonds. The fourth-order valence-electron chi connectivity index (χ4n) is 2.58. The summed E-state index contributed by atoms with van der Waals surface area (Å²) in [5.41, 5.74) is 2.43. The molecular weight excluding hydrogens is 356 g/mol. The van der Waals surface area contributed by atoms with E-state index in [-0.39, 0.29) is 6.61 Å². The fraction of sp³-hybridized carbons (Fsp3) is 0.182. The second-order valence-electron chi connectivity index (χ2n) is 5.87. The summed E-state index contributed by atoms with van der Waals surface area (Å²) in [7, 11) is 1.58. The Morgan fingerprint density at radius 2 is 1.93 bits per heavy atom. The van der Waals surface area contributed by atoms with Crippen molar-refractivity contribution in [2.24, 2.45) is 0 Å². The predicted octanol–water partition coefficient (Wildman–Crippen LogP) is 4.04. The highest BCUT2D eigenvalue weighted by Gasteiger charge is 2.06. The lowest BCUT2D eigenvalue weighted by atomic mass is 10.2. The number of carbonyl (C=O) groups is 1. The lowest BCUT2D eigenvalue weighted by molar-refractivity contribution is -0.139. The van der Waals surface area contributed by atoms with Crippen molar-refractivity contribution in [1.82, 2.24) is 9.78 Å². The SMILES string of the molecule is CCOc1ccc(/C=C/C(=O)OCc2ccn(-c3ccccc3)n2)cc1OC. The van der Waals surface area contributed by atoms with Crippen LogP contribution in [0.2, 0.25) is 0 Å². The highest BCUT2D eigenvalue weighted by Crippen LogP contribution is 2.28. The molecule has 0 unspecified atom stereocenters. The highest BCUT2D eigenvalue weighted by molar-refractivity contribution is 5.87. The molecule has 0 aliphatic heterocycles. The first-order valence-electron chi connectivity index (χ1n) is 8.95. The molecular formula is C22H22N2O4. The van der Waals surface area contributed by atoms with Crippen molar-refractivity contribution in [3.63, 3.8) is 0 Å². The van der Waals surface area contributed by atoms with Crippen LogP contribution in [0.5, 0.6) is 11.5 Å². The molecule has 144 valence electrons. The van der Waals surface area contributed by atoms with E-state index in [2.05, 4.69) is 5.10 Å². The van der Waals surface area contributed by atoms with E-state index in [0.717, 1.165) is 11.3 Å². The summed E-state index contributed by atoms with van der Waals surface area (Å²) < 4.78 is 17.8. The van der Waals surface area contributed by atoms with E-state index >= 15 is 0 Å². The van der Waals surface area contributed by atoms with Gasteiger partial charge in [-0.2, -0.15) is 5.10 Å². The van der Waals surface area contributed by atoms with Gasteiger partial charge >= 0.3 is 5.97 Å².